The quantitative estimate of drug-likeness (QED) is 0.672. The van der Waals surface area contributed by atoms with Crippen molar-refractivity contribution in [3.63, 3.8) is 0 Å². The molecular formula is C11H22N2O4S. The predicted octanol–water partition coefficient (Wildman–Crippen LogP) is -0.0963. The third-order valence-electron chi connectivity index (χ3n) is 3.32. The van der Waals surface area contributed by atoms with E-state index in [0.717, 1.165) is 0 Å². The van der Waals surface area contributed by atoms with E-state index in [1.165, 1.54) is 11.4 Å². The number of rotatable bonds is 4. The van der Waals surface area contributed by atoms with Gasteiger partial charge in [0, 0.05) is 26.2 Å². The Morgan fingerprint density at radius 2 is 1.61 bits per heavy atom. The molecule has 106 valence electrons. The van der Waals surface area contributed by atoms with E-state index < -0.39 is 15.3 Å². The second-order valence-electron chi connectivity index (χ2n) is 4.73. The van der Waals surface area contributed by atoms with Crippen molar-refractivity contribution in [2.24, 2.45) is 0 Å². The number of ether oxygens (including phenoxy) is 1. The molecule has 1 aliphatic heterocycles. The lowest BCUT2D eigenvalue weighted by Crippen LogP contribution is -2.54. The summed E-state index contributed by atoms with van der Waals surface area (Å²) in [7, 11) is -1.82. The smallest absolute Gasteiger partial charge is 0.322 e. The van der Waals surface area contributed by atoms with Crippen molar-refractivity contribution in [1.82, 2.24) is 9.21 Å². The van der Waals surface area contributed by atoms with Crippen LogP contribution in [-0.4, -0.2) is 68.2 Å². The van der Waals surface area contributed by atoms with Gasteiger partial charge in [-0.3, -0.25) is 9.69 Å². The number of methoxy groups -OCH3 is 1. The molecule has 0 spiro atoms. The average Bonchev–Trinajstić information content (AvgIpc) is 2.36. The fraction of sp³-hybridized carbons (Fsp3) is 0.909. The zero-order valence-electron chi connectivity index (χ0n) is 11.4. The Hall–Kier alpha value is -0.660. The Labute approximate surface area is 109 Å². The molecule has 1 unspecified atom stereocenters. The standard InChI is InChI=1S/C11H22N2O4S/c1-9(2)18(15,16)13-7-5-12(6-8-13)10(3)11(14)17-4/h9-10H,5-8H2,1-4H3. The third-order valence-corrected chi connectivity index (χ3v) is 5.60. The lowest BCUT2D eigenvalue weighted by molar-refractivity contribution is -0.146. The number of esters is 1. The van der Waals surface area contributed by atoms with E-state index in [4.69, 9.17) is 0 Å². The first-order valence-corrected chi connectivity index (χ1v) is 7.62. The fourth-order valence-electron chi connectivity index (χ4n) is 1.96. The Kier molecular flexibility index (Phi) is 5.12. The van der Waals surface area contributed by atoms with E-state index in [1.807, 2.05) is 4.90 Å². The van der Waals surface area contributed by atoms with Crippen LogP contribution in [0.15, 0.2) is 0 Å². The molecular weight excluding hydrogens is 256 g/mol. The molecule has 1 atom stereocenters. The highest BCUT2D eigenvalue weighted by molar-refractivity contribution is 7.89. The summed E-state index contributed by atoms with van der Waals surface area (Å²) in [6, 6.07) is -0.320. The van der Waals surface area contributed by atoms with Gasteiger partial charge in [0.1, 0.15) is 6.04 Å². The zero-order valence-corrected chi connectivity index (χ0v) is 12.2. The van der Waals surface area contributed by atoms with Gasteiger partial charge in [-0.15, -0.1) is 0 Å². The second-order valence-corrected chi connectivity index (χ2v) is 7.22. The van der Waals surface area contributed by atoms with Gasteiger partial charge in [-0.2, -0.15) is 4.31 Å². The van der Waals surface area contributed by atoms with Crippen molar-refractivity contribution in [2.75, 3.05) is 33.3 Å². The number of carbonyl (C=O) groups is 1. The number of carbonyl (C=O) groups excluding carboxylic acids is 1. The molecule has 7 heteroatoms. The molecule has 18 heavy (non-hydrogen) atoms. The molecule has 1 saturated heterocycles. The minimum Gasteiger partial charge on any atom is -0.468 e. The number of piperazine rings is 1. The van der Waals surface area contributed by atoms with Crippen LogP contribution in [-0.2, 0) is 19.6 Å². The maximum atomic E-state index is 12.0. The first-order chi connectivity index (χ1) is 8.30. The first-order valence-electron chi connectivity index (χ1n) is 6.11. The van der Waals surface area contributed by atoms with Gasteiger partial charge < -0.3 is 4.74 Å². The molecule has 0 N–H and O–H groups in total. The number of sulfonamides is 1. The van der Waals surface area contributed by atoms with Crippen LogP contribution in [0.25, 0.3) is 0 Å². The maximum Gasteiger partial charge on any atom is 0.322 e. The topological polar surface area (TPSA) is 66.9 Å². The highest BCUT2D eigenvalue weighted by atomic mass is 32.2. The number of nitrogens with zero attached hydrogens (tertiary/aromatic N) is 2. The summed E-state index contributed by atoms with van der Waals surface area (Å²) in [5, 5.41) is -0.401. The van der Waals surface area contributed by atoms with Crippen molar-refractivity contribution >= 4 is 16.0 Å². The van der Waals surface area contributed by atoms with Gasteiger partial charge in [-0.25, -0.2) is 8.42 Å². The molecule has 1 rings (SSSR count). The molecule has 0 aromatic heterocycles. The van der Waals surface area contributed by atoms with E-state index in [1.54, 1.807) is 20.8 Å². The molecule has 0 aromatic rings. The maximum absolute atomic E-state index is 12.0. The van der Waals surface area contributed by atoms with Crippen LogP contribution in [0.3, 0.4) is 0 Å². The van der Waals surface area contributed by atoms with Gasteiger partial charge in [0.2, 0.25) is 10.0 Å². The van der Waals surface area contributed by atoms with Crippen LogP contribution in [0.5, 0.6) is 0 Å². The number of hydrogen-bond donors (Lipinski definition) is 0. The van der Waals surface area contributed by atoms with Crippen LogP contribution in [0.4, 0.5) is 0 Å². The van der Waals surface area contributed by atoms with Crippen molar-refractivity contribution in [3.05, 3.63) is 0 Å². The van der Waals surface area contributed by atoms with E-state index in [2.05, 4.69) is 4.74 Å². The van der Waals surface area contributed by atoms with Gasteiger partial charge in [0.05, 0.1) is 12.4 Å². The van der Waals surface area contributed by atoms with Crippen LogP contribution in [0, 0.1) is 0 Å². The summed E-state index contributed by atoms with van der Waals surface area (Å²) in [5.41, 5.74) is 0. The summed E-state index contributed by atoms with van der Waals surface area (Å²) in [6.45, 7) is 7.12. The minimum atomic E-state index is -3.18. The van der Waals surface area contributed by atoms with Gasteiger partial charge in [0.15, 0.2) is 0 Å². The third kappa shape index (κ3) is 3.21. The Balaban J connectivity index is 2.59. The monoisotopic (exact) mass is 278 g/mol. The van der Waals surface area contributed by atoms with Crippen molar-refractivity contribution < 1.29 is 17.9 Å². The largest absolute Gasteiger partial charge is 0.468 e. The fourth-order valence-corrected chi connectivity index (χ4v) is 3.23. The number of hydrogen-bond acceptors (Lipinski definition) is 5. The summed E-state index contributed by atoms with van der Waals surface area (Å²) in [6.07, 6.45) is 0. The molecule has 0 bridgehead atoms. The lowest BCUT2D eigenvalue weighted by Gasteiger charge is -2.36. The van der Waals surface area contributed by atoms with E-state index >= 15 is 0 Å². The molecule has 6 nitrogen and oxygen atoms in total. The summed E-state index contributed by atoms with van der Waals surface area (Å²) in [4.78, 5) is 13.3. The molecule has 0 aliphatic carbocycles. The van der Waals surface area contributed by atoms with Crippen molar-refractivity contribution in [2.45, 2.75) is 32.1 Å². The SMILES string of the molecule is COC(=O)C(C)N1CCN(S(=O)(=O)C(C)C)CC1. The zero-order chi connectivity index (χ0) is 13.9. The van der Waals surface area contributed by atoms with E-state index in [9.17, 15) is 13.2 Å². The molecule has 0 aromatic carbocycles. The molecule has 0 saturated carbocycles. The highest BCUT2D eigenvalue weighted by Gasteiger charge is 2.32. The average molecular weight is 278 g/mol. The predicted molar refractivity (Wildman–Crippen MR) is 68.7 cm³/mol. The first kappa shape index (κ1) is 15.4. The highest BCUT2D eigenvalue weighted by Crippen LogP contribution is 2.14. The Bertz CT molecular complexity index is 386. The van der Waals surface area contributed by atoms with Crippen molar-refractivity contribution in [3.8, 4) is 0 Å². The molecule has 1 fully saturated rings. The molecule has 1 heterocycles. The lowest BCUT2D eigenvalue weighted by atomic mass is 10.2. The van der Waals surface area contributed by atoms with Gasteiger partial charge in [0.25, 0.3) is 0 Å². The van der Waals surface area contributed by atoms with Crippen LogP contribution in [0.2, 0.25) is 0 Å². The van der Waals surface area contributed by atoms with Crippen LogP contribution < -0.4 is 0 Å². The summed E-state index contributed by atoms with van der Waals surface area (Å²) >= 11 is 0. The Morgan fingerprint density at radius 1 is 1.11 bits per heavy atom. The summed E-state index contributed by atoms with van der Waals surface area (Å²) < 4.78 is 30.1. The van der Waals surface area contributed by atoms with Gasteiger partial charge in [-0.05, 0) is 20.8 Å². The second kappa shape index (κ2) is 5.99. The molecule has 0 radical (unpaired) electrons. The van der Waals surface area contributed by atoms with E-state index in [-0.39, 0.29) is 12.0 Å². The van der Waals surface area contributed by atoms with Crippen LogP contribution >= 0.6 is 0 Å². The minimum absolute atomic E-state index is 0.282. The normalized spacial score (nSPS) is 20.9. The van der Waals surface area contributed by atoms with E-state index in [0.29, 0.717) is 26.2 Å². The Morgan fingerprint density at radius 3 is 2.00 bits per heavy atom. The van der Waals surface area contributed by atoms with Crippen LogP contribution in [0.1, 0.15) is 20.8 Å². The molecule has 0 amide bonds. The summed E-state index contributed by atoms with van der Waals surface area (Å²) in [5.74, 6) is -0.282. The van der Waals surface area contributed by atoms with Crippen molar-refractivity contribution in [1.29, 1.82) is 0 Å². The van der Waals surface area contributed by atoms with Gasteiger partial charge in [-0.1, -0.05) is 0 Å². The van der Waals surface area contributed by atoms with Gasteiger partial charge >= 0.3 is 5.97 Å². The molecule has 1 aliphatic rings.